The molecule has 0 nitrogen and oxygen atoms in total. The second-order valence-electron chi connectivity index (χ2n) is 10.8. The molecule has 2 aromatic rings. The van der Waals surface area contributed by atoms with Gasteiger partial charge in [-0.3, -0.25) is 0 Å². The highest BCUT2D eigenvalue weighted by Crippen LogP contribution is 2.41. The maximum Gasteiger partial charge on any atom is -0.00732 e. The Morgan fingerprint density at radius 3 is 2.20 bits per heavy atom. The number of thioether (sulfide) groups is 1. The van der Waals surface area contributed by atoms with E-state index < -0.39 is 0 Å². The van der Waals surface area contributed by atoms with Crippen LogP contribution in [0.2, 0.25) is 0 Å². The first-order chi connectivity index (χ1) is 13.9. The van der Waals surface area contributed by atoms with E-state index in [9.17, 15) is 0 Å². The molecule has 3 rings (SSSR count). The zero-order chi connectivity index (χ0) is 22.3. The normalized spacial score (nSPS) is 16.0. The summed E-state index contributed by atoms with van der Waals surface area (Å²) >= 11 is 1.81. The maximum absolute atomic E-state index is 2.50. The molecule has 0 heterocycles. The summed E-state index contributed by atoms with van der Waals surface area (Å²) < 4.78 is 0. The summed E-state index contributed by atoms with van der Waals surface area (Å²) in [5, 5.41) is 2.75. The van der Waals surface area contributed by atoms with Gasteiger partial charge in [-0.05, 0) is 93.3 Å². The second-order valence-corrected chi connectivity index (χ2v) is 11.8. The summed E-state index contributed by atoms with van der Waals surface area (Å²) in [7, 11) is 0. The predicted octanol–water partition coefficient (Wildman–Crippen LogP) is 9.18. The average Bonchev–Trinajstić information content (AvgIpc) is 2.67. The molecule has 0 spiro atoms. The third-order valence-corrected chi connectivity index (χ3v) is 7.14. The number of hydrogen-bond donors (Lipinski definition) is 0. The predicted molar refractivity (Wildman–Crippen MR) is 139 cm³/mol. The van der Waals surface area contributed by atoms with Crippen LogP contribution < -0.4 is 0 Å². The standard InChI is InChI=1S/C29H38S/c1-19(10-11-20(2)30-9)27-25-17-23(28(3,4)5)14-12-21(25)16-22-13-15-24(18-26(22)27)29(6,7)8/h10-12,14,16-18H,13,15H2,1-9H3/b19-10+,20-11+. The molecule has 0 saturated heterocycles. The van der Waals surface area contributed by atoms with E-state index in [4.69, 9.17) is 0 Å². The van der Waals surface area contributed by atoms with Crippen molar-refractivity contribution in [1.82, 2.24) is 0 Å². The van der Waals surface area contributed by atoms with Crippen molar-refractivity contribution in [2.24, 2.45) is 5.41 Å². The van der Waals surface area contributed by atoms with E-state index in [2.05, 4.69) is 104 Å². The molecular formula is C29H38S. The third-order valence-electron chi connectivity index (χ3n) is 6.36. The molecule has 1 aliphatic carbocycles. The lowest BCUT2D eigenvalue weighted by Gasteiger charge is -2.29. The zero-order valence-electron chi connectivity index (χ0n) is 20.4. The van der Waals surface area contributed by atoms with Gasteiger partial charge in [0.05, 0.1) is 0 Å². The molecular weight excluding hydrogens is 380 g/mol. The molecule has 0 bridgehead atoms. The van der Waals surface area contributed by atoms with Gasteiger partial charge in [0.25, 0.3) is 0 Å². The summed E-state index contributed by atoms with van der Waals surface area (Å²) in [4.78, 5) is 1.34. The lowest BCUT2D eigenvalue weighted by molar-refractivity contribution is 0.484. The van der Waals surface area contributed by atoms with Crippen molar-refractivity contribution >= 4 is 34.2 Å². The summed E-state index contributed by atoms with van der Waals surface area (Å²) in [6.45, 7) is 18.4. The first-order valence-corrected chi connectivity index (χ1v) is 12.3. The van der Waals surface area contributed by atoms with Gasteiger partial charge < -0.3 is 0 Å². The van der Waals surface area contributed by atoms with Gasteiger partial charge in [-0.25, -0.2) is 0 Å². The highest BCUT2D eigenvalue weighted by molar-refractivity contribution is 8.02. The number of allylic oxidation sites excluding steroid dienone is 5. The minimum atomic E-state index is 0.140. The Morgan fingerprint density at radius 1 is 0.900 bits per heavy atom. The number of hydrogen-bond acceptors (Lipinski definition) is 1. The average molecular weight is 419 g/mol. The Morgan fingerprint density at radius 2 is 1.60 bits per heavy atom. The smallest absolute Gasteiger partial charge is 0.00732 e. The van der Waals surface area contributed by atoms with Crippen molar-refractivity contribution in [3.05, 3.63) is 69.1 Å². The van der Waals surface area contributed by atoms with Crippen molar-refractivity contribution < 1.29 is 0 Å². The Kier molecular flexibility index (Phi) is 6.44. The lowest BCUT2D eigenvalue weighted by atomic mass is 9.75. The molecule has 1 aliphatic rings. The summed E-state index contributed by atoms with van der Waals surface area (Å²) in [6, 6.07) is 9.52. The number of fused-ring (bicyclic) bond motifs is 2. The fourth-order valence-electron chi connectivity index (χ4n) is 4.23. The highest BCUT2D eigenvalue weighted by Gasteiger charge is 2.24. The molecule has 0 amide bonds. The van der Waals surface area contributed by atoms with Gasteiger partial charge in [0, 0.05) is 0 Å². The SMILES string of the molecule is CS/C(C)=C/C=C(\C)c1c2c(cc3ccc(C(C)(C)C)cc13)CCC(C(C)(C)C)=C2. The lowest BCUT2D eigenvalue weighted by Crippen LogP contribution is -2.15. The van der Waals surface area contributed by atoms with Gasteiger partial charge >= 0.3 is 0 Å². The largest absolute Gasteiger partial charge is 0.134 e. The van der Waals surface area contributed by atoms with Gasteiger partial charge in [0.2, 0.25) is 0 Å². The summed E-state index contributed by atoms with van der Waals surface area (Å²) in [6.07, 6.45) is 11.5. The molecule has 160 valence electrons. The minimum absolute atomic E-state index is 0.140. The summed E-state index contributed by atoms with van der Waals surface area (Å²) in [5.74, 6) is 0. The number of benzene rings is 2. The molecule has 0 aromatic heterocycles. The molecule has 0 N–H and O–H groups in total. The van der Waals surface area contributed by atoms with Crippen LogP contribution in [0.1, 0.15) is 84.1 Å². The molecule has 0 saturated carbocycles. The van der Waals surface area contributed by atoms with Gasteiger partial charge in [-0.15, -0.1) is 11.8 Å². The fourth-order valence-corrected chi connectivity index (χ4v) is 4.44. The molecule has 0 atom stereocenters. The zero-order valence-corrected chi connectivity index (χ0v) is 21.2. The Labute approximate surface area is 188 Å². The number of aryl methyl sites for hydroxylation is 1. The first-order valence-electron chi connectivity index (χ1n) is 11.1. The molecule has 30 heavy (non-hydrogen) atoms. The molecule has 0 fully saturated rings. The Bertz CT molecular complexity index is 1050. The van der Waals surface area contributed by atoms with Crippen molar-refractivity contribution in [1.29, 1.82) is 0 Å². The molecule has 0 unspecified atom stereocenters. The van der Waals surface area contributed by atoms with Crippen LogP contribution in [0.3, 0.4) is 0 Å². The van der Waals surface area contributed by atoms with Crippen LogP contribution >= 0.6 is 11.8 Å². The van der Waals surface area contributed by atoms with Crippen molar-refractivity contribution in [2.75, 3.05) is 6.26 Å². The molecule has 2 aromatic carbocycles. The fraction of sp³-hybridized carbons (Fsp3) is 0.448. The van der Waals surface area contributed by atoms with E-state index in [-0.39, 0.29) is 10.8 Å². The summed E-state index contributed by atoms with van der Waals surface area (Å²) in [5.41, 5.74) is 9.01. The van der Waals surface area contributed by atoms with Gasteiger partial charge in [0.15, 0.2) is 0 Å². The molecule has 0 radical (unpaired) electrons. The van der Waals surface area contributed by atoms with E-state index in [1.807, 2.05) is 11.8 Å². The van der Waals surface area contributed by atoms with Crippen LogP contribution in [0.25, 0.3) is 22.4 Å². The molecule has 0 aliphatic heterocycles. The van der Waals surface area contributed by atoms with E-state index in [1.165, 1.54) is 43.5 Å². The maximum atomic E-state index is 2.50. The van der Waals surface area contributed by atoms with Crippen LogP contribution in [0.4, 0.5) is 0 Å². The topological polar surface area (TPSA) is 0 Å². The van der Waals surface area contributed by atoms with Crippen LogP contribution in [-0.2, 0) is 11.8 Å². The van der Waals surface area contributed by atoms with E-state index in [1.54, 1.807) is 5.57 Å². The Balaban J connectivity index is 2.37. The van der Waals surface area contributed by atoms with Gasteiger partial charge in [-0.2, -0.15) is 0 Å². The Hall–Kier alpha value is -1.73. The van der Waals surface area contributed by atoms with Crippen LogP contribution in [0.15, 0.2) is 46.9 Å². The van der Waals surface area contributed by atoms with Crippen LogP contribution in [0.5, 0.6) is 0 Å². The number of rotatable bonds is 3. The van der Waals surface area contributed by atoms with E-state index >= 15 is 0 Å². The quantitative estimate of drug-likeness (QED) is 0.448. The van der Waals surface area contributed by atoms with E-state index in [0.29, 0.717) is 0 Å². The van der Waals surface area contributed by atoms with Crippen LogP contribution in [0, 0.1) is 5.41 Å². The van der Waals surface area contributed by atoms with Crippen molar-refractivity contribution in [2.45, 2.75) is 73.6 Å². The van der Waals surface area contributed by atoms with Crippen molar-refractivity contribution in [3.8, 4) is 0 Å². The van der Waals surface area contributed by atoms with Crippen LogP contribution in [-0.4, -0.2) is 6.26 Å². The van der Waals surface area contributed by atoms with E-state index in [0.717, 1.165) is 12.8 Å². The van der Waals surface area contributed by atoms with Gasteiger partial charge in [-0.1, -0.05) is 83.5 Å². The highest BCUT2D eigenvalue weighted by atomic mass is 32.2. The second kappa shape index (κ2) is 8.42. The monoisotopic (exact) mass is 418 g/mol. The minimum Gasteiger partial charge on any atom is -0.134 e. The van der Waals surface area contributed by atoms with Gasteiger partial charge in [0.1, 0.15) is 0 Å². The first kappa shape index (κ1) is 22.9. The third kappa shape index (κ3) is 4.78. The van der Waals surface area contributed by atoms with Crippen molar-refractivity contribution in [3.63, 3.8) is 0 Å². The molecule has 1 heteroatoms.